The topological polar surface area (TPSA) is 64.4 Å². The maximum absolute atomic E-state index is 12.7. The number of amides is 2. The minimum absolute atomic E-state index is 0.0959. The van der Waals surface area contributed by atoms with E-state index >= 15 is 0 Å². The van der Waals surface area contributed by atoms with Gasteiger partial charge in [-0.05, 0) is 44.2 Å². The molecule has 2 heterocycles. The van der Waals surface area contributed by atoms with Gasteiger partial charge in [-0.15, -0.1) is 0 Å². The summed E-state index contributed by atoms with van der Waals surface area (Å²) in [5.41, 5.74) is 3.72. The van der Waals surface area contributed by atoms with Crippen LogP contribution >= 0.6 is 0 Å². The standard InChI is InChI=1S/C18H19N3O3/c1-11-16(12(2)20(3)19-11)9-13-10-17(22)21(18(13)23)14-5-7-15(24-4)8-6-14/h5-9H,10H2,1-4H3/b13-9+. The Morgan fingerprint density at radius 3 is 2.38 bits per heavy atom. The number of imide groups is 1. The number of ether oxygens (including phenoxy) is 1. The lowest BCUT2D eigenvalue weighted by molar-refractivity contribution is -0.120. The Morgan fingerprint density at radius 1 is 1.17 bits per heavy atom. The van der Waals surface area contributed by atoms with E-state index in [1.807, 2.05) is 20.9 Å². The molecule has 1 aromatic heterocycles. The molecule has 0 aliphatic carbocycles. The third kappa shape index (κ3) is 2.60. The number of carbonyl (C=O) groups excluding carboxylic acids is 2. The Kier molecular flexibility index (Phi) is 3.97. The second-order valence-corrected chi connectivity index (χ2v) is 5.79. The van der Waals surface area contributed by atoms with E-state index in [4.69, 9.17) is 4.74 Å². The number of benzene rings is 1. The maximum atomic E-state index is 12.7. The average Bonchev–Trinajstić information content (AvgIpc) is 2.98. The van der Waals surface area contributed by atoms with Crippen LogP contribution in [0.5, 0.6) is 5.75 Å². The summed E-state index contributed by atoms with van der Waals surface area (Å²) in [6, 6.07) is 6.87. The first-order chi connectivity index (χ1) is 11.4. The van der Waals surface area contributed by atoms with Crippen molar-refractivity contribution in [3.63, 3.8) is 0 Å². The summed E-state index contributed by atoms with van der Waals surface area (Å²) in [4.78, 5) is 26.2. The highest BCUT2D eigenvalue weighted by atomic mass is 16.5. The molecule has 1 aromatic carbocycles. The van der Waals surface area contributed by atoms with Gasteiger partial charge in [0.25, 0.3) is 5.91 Å². The van der Waals surface area contributed by atoms with E-state index in [0.29, 0.717) is 17.0 Å². The summed E-state index contributed by atoms with van der Waals surface area (Å²) in [6.07, 6.45) is 1.88. The summed E-state index contributed by atoms with van der Waals surface area (Å²) in [5.74, 6) is 0.165. The molecule has 0 bridgehead atoms. The van der Waals surface area contributed by atoms with Crippen LogP contribution in [0.2, 0.25) is 0 Å². The first-order valence-corrected chi connectivity index (χ1v) is 7.64. The molecule has 6 nitrogen and oxygen atoms in total. The van der Waals surface area contributed by atoms with Gasteiger partial charge in [0.15, 0.2) is 0 Å². The van der Waals surface area contributed by atoms with Crippen LogP contribution < -0.4 is 9.64 Å². The largest absolute Gasteiger partial charge is 0.497 e. The monoisotopic (exact) mass is 325 g/mol. The van der Waals surface area contributed by atoms with E-state index in [1.165, 1.54) is 4.90 Å². The molecule has 1 aliphatic rings. The lowest BCUT2D eigenvalue weighted by atomic mass is 10.1. The third-order valence-electron chi connectivity index (χ3n) is 4.28. The Labute approximate surface area is 140 Å². The molecule has 3 rings (SSSR count). The molecule has 0 saturated carbocycles. The van der Waals surface area contributed by atoms with Gasteiger partial charge in [-0.1, -0.05) is 0 Å². The Morgan fingerprint density at radius 2 is 1.83 bits per heavy atom. The van der Waals surface area contributed by atoms with Crippen molar-refractivity contribution in [2.75, 3.05) is 12.0 Å². The molecule has 0 atom stereocenters. The number of hydrogen-bond donors (Lipinski definition) is 0. The quantitative estimate of drug-likeness (QED) is 0.642. The van der Waals surface area contributed by atoms with Crippen LogP contribution in [-0.2, 0) is 16.6 Å². The van der Waals surface area contributed by atoms with Crippen LogP contribution in [0.1, 0.15) is 23.4 Å². The molecule has 1 aliphatic heterocycles. The van der Waals surface area contributed by atoms with E-state index in [-0.39, 0.29) is 18.2 Å². The number of aromatic nitrogens is 2. The smallest absolute Gasteiger partial charge is 0.261 e. The van der Waals surface area contributed by atoms with Crippen molar-refractivity contribution in [2.45, 2.75) is 20.3 Å². The summed E-state index contributed by atoms with van der Waals surface area (Å²) in [5, 5.41) is 4.34. The van der Waals surface area contributed by atoms with Gasteiger partial charge in [-0.2, -0.15) is 5.10 Å². The van der Waals surface area contributed by atoms with Gasteiger partial charge in [0, 0.05) is 23.9 Å². The molecule has 1 saturated heterocycles. The second kappa shape index (κ2) is 5.96. The van der Waals surface area contributed by atoms with Crippen LogP contribution in [0.25, 0.3) is 6.08 Å². The average molecular weight is 325 g/mol. The van der Waals surface area contributed by atoms with Crippen LogP contribution in [0.3, 0.4) is 0 Å². The zero-order valence-corrected chi connectivity index (χ0v) is 14.2. The predicted octanol–water partition coefficient (Wildman–Crippen LogP) is 2.39. The van der Waals surface area contributed by atoms with Crippen molar-refractivity contribution in [3.8, 4) is 5.75 Å². The zero-order chi connectivity index (χ0) is 17.4. The number of rotatable bonds is 3. The van der Waals surface area contributed by atoms with Crippen molar-refractivity contribution in [3.05, 3.63) is 46.8 Å². The summed E-state index contributed by atoms with van der Waals surface area (Å²) in [7, 11) is 3.43. The van der Waals surface area contributed by atoms with Crippen LogP contribution in [0, 0.1) is 13.8 Å². The Hall–Kier alpha value is -2.89. The normalized spacial score (nSPS) is 16.3. The van der Waals surface area contributed by atoms with Gasteiger partial charge >= 0.3 is 0 Å². The molecule has 0 radical (unpaired) electrons. The predicted molar refractivity (Wildman–Crippen MR) is 90.8 cm³/mol. The van der Waals surface area contributed by atoms with Crippen molar-refractivity contribution < 1.29 is 14.3 Å². The highest BCUT2D eigenvalue weighted by Gasteiger charge is 2.35. The molecule has 0 spiro atoms. The third-order valence-corrected chi connectivity index (χ3v) is 4.28. The Balaban J connectivity index is 1.95. The zero-order valence-electron chi connectivity index (χ0n) is 14.2. The molecule has 124 valence electrons. The van der Waals surface area contributed by atoms with Crippen LogP contribution in [-0.4, -0.2) is 28.7 Å². The first-order valence-electron chi connectivity index (χ1n) is 7.64. The van der Waals surface area contributed by atoms with Crippen molar-refractivity contribution in [1.82, 2.24) is 9.78 Å². The van der Waals surface area contributed by atoms with E-state index in [0.717, 1.165) is 17.0 Å². The number of hydrogen-bond acceptors (Lipinski definition) is 4. The van der Waals surface area contributed by atoms with E-state index in [1.54, 1.807) is 42.1 Å². The van der Waals surface area contributed by atoms with Crippen molar-refractivity contribution >= 4 is 23.6 Å². The number of methoxy groups -OCH3 is 1. The summed E-state index contributed by atoms with van der Waals surface area (Å²) in [6.45, 7) is 3.83. The van der Waals surface area contributed by atoms with E-state index < -0.39 is 0 Å². The molecule has 2 amide bonds. The SMILES string of the molecule is COc1ccc(N2C(=O)C/C(=C\c3c(C)nn(C)c3C)C2=O)cc1. The fourth-order valence-electron chi connectivity index (χ4n) is 2.85. The number of aryl methyl sites for hydroxylation is 2. The molecular formula is C18H19N3O3. The lowest BCUT2D eigenvalue weighted by Gasteiger charge is -2.13. The first kappa shape index (κ1) is 16.0. The minimum Gasteiger partial charge on any atom is -0.497 e. The van der Waals surface area contributed by atoms with Gasteiger partial charge in [-0.25, -0.2) is 4.90 Å². The molecule has 24 heavy (non-hydrogen) atoms. The van der Waals surface area contributed by atoms with Gasteiger partial charge in [0.1, 0.15) is 5.75 Å². The molecule has 0 N–H and O–H groups in total. The van der Waals surface area contributed by atoms with Gasteiger partial charge in [0.05, 0.1) is 24.9 Å². The fourth-order valence-corrected chi connectivity index (χ4v) is 2.85. The maximum Gasteiger partial charge on any atom is 0.261 e. The highest BCUT2D eigenvalue weighted by molar-refractivity contribution is 6.29. The molecular weight excluding hydrogens is 306 g/mol. The van der Waals surface area contributed by atoms with Crippen LogP contribution in [0.15, 0.2) is 29.8 Å². The number of carbonyl (C=O) groups is 2. The van der Waals surface area contributed by atoms with Gasteiger partial charge < -0.3 is 4.74 Å². The minimum atomic E-state index is -0.284. The van der Waals surface area contributed by atoms with E-state index in [9.17, 15) is 9.59 Å². The molecule has 2 aromatic rings. The molecule has 6 heteroatoms. The fraction of sp³-hybridized carbons (Fsp3) is 0.278. The summed E-state index contributed by atoms with van der Waals surface area (Å²) >= 11 is 0. The molecule has 0 unspecified atom stereocenters. The molecule has 1 fully saturated rings. The number of anilines is 1. The van der Waals surface area contributed by atoms with Crippen molar-refractivity contribution in [1.29, 1.82) is 0 Å². The van der Waals surface area contributed by atoms with E-state index in [2.05, 4.69) is 5.10 Å². The second-order valence-electron chi connectivity index (χ2n) is 5.79. The summed E-state index contributed by atoms with van der Waals surface area (Å²) < 4.78 is 6.87. The van der Waals surface area contributed by atoms with Crippen LogP contribution in [0.4, 0.5) is 5.69 Å². The van der Waals surface area contributed by atoms with Gasteiger partial charge in [0.2, 0.25) is 5.91 Å². The van der Waals surface area contributed by atoms with Gasteiger partial charge in [-0.3, -0.25) is 14.3 Å². The lowest BCUT2D eigenvalue weighted by Crippen LogP contribution is -2.28. The Bertz CT molecular complexity index is 847. The van der Waals surface area contributed by atoms with Crippen molar-refractivity contribution in [2.24, 2.45) is 7.05 Å². The highest BCUT2D eigenvalue weighted by Crippen LogP contribution is 2.29. The number of nitrogens with zero attached hydrogens (tertiary/aromatic N) is 3.